The van der Waals surface area contributed by atoms with Gasteiger partial charge in [0.25, 0.3) is 0 Å². The van der Waals surface area contributed by atoms with Gasteiger partial charge in [0.2, 0.25) is 6.41 Å². The largest absolute Gasteiger partial charge is 0.355 e. The van der Waals surface area contributed by atoms with Crippen LogP contribution in [0.3, 0.4) is 0 Å². The molecular formula is C8H12N2OS. The Morgan fingerprint density at radius 1 is 1.92 bits per heavy atom. The fourth-order valence-electron chi connectivity index (χ4n) is 0.991. The van der Waals surface area contributed by atoms with Crippen molar-refractivity contribution in [3.63, 3.8) is 0 Å². The Morgan fingerprint density at radius 3 is 3.00 bits per heavy atom. The van der Waals surface area contributed by atoms with Gasteiger partial charge in [-0.2, -0.15) is 0 Å². The summed E-state index contributed by atoms with van der Waals surface area (Å²) in [7, 11) is 0. The van der Waals surface area contributed by atoms with E-state index >= 15 is 0 Å². The summed E-state index contributed by atoms with van der Waals surface area (Å²) in [5.74, 6) is 0. The molecule has 1 amide bonds. The third-order valence-corrected chi connectivity index (χ3v) is 2.98. The quantitative estimate of drug-likeness (QED) is 0.502. The van der Waals surface area contributed by atoms with Gasteiger partial charge in [-0.15, -0.1) is 0 Å². The summed E-state index contributed by atoms with van der Waals surface area (Å²) in [6.45, 7) is 6.35. The molecule has 1 aliphatic rings. The lowest BCUT2D eigenvalue weighted by atomic mass is 10.2. The number of amides is 1. The molecule has 0 aliphatic carbocycles. The molecule has 1 unspecified atom stereocenters. The van der Waals surface area contributed by atoms with Crippen molar-refractivity contribution in [2.75, 3.05) is 6.54 Å². The minimum absolute atomic E-state index is 0.399. The SMILES string of the molecule is C=C/C(CNC=O)=C1\SNC1C. The van der Waals surface area contributed by atoms with E-state index in [0.717, 1.165) is 5.57 Å². The maximum atomic E-state index is 10.0. The Kier molecular flexibility index (Phi) is 3.37. The molecule has 1 heterocycles. The lowest BCUT2D eigenvalue weighted by molar-refractivity contribution is -0.109. The van der Waals surface area contributed by atoms with Crippen LogP contribution in [0.1, 0.15) is 6.92 Å². The zero-order chi connectivity index (χ0) is 8.97. The summed E-state index contributed by atoms with van der Waals surface area (Å²) in [6.07, 6.45) is 2.49. The number of hydrogen-bond donors (Lipinski definition) is 2. The Bertz CT molecular complexity index is 225. The average molecular weight is 184 g/mol. The predicted molar refractivity (Wildman–Crippen MR) is 51.5 cm³/mol. The molecule has 66 valence electrons. The highest BCUT2D eigenvalue weighted by atomic mass is 32.2. The number of rotatable bonds is 4. The third kappa shape index (κ3) is 1.89. The van der Waals surface area contributed by atoms with E-state index in [1.165, 1.54) is 4.91 Å². The van der Waals surface area contributed by atoms with Gasteiger partial charge in [-0.25, -0.2) is 0 Å². The second-order valence-corrected chi connectivity index (χ2v) is 3.41. The summed E-state index contributed by atoms with van der Waals surface area (Å²) in [5, 5.41) is 2.62. The number of carbonyl (C=O) groups excluding carboxylic acids is 1. The molecule has 0 aromatic heterocycles. The summed E-state index contributed by atoms with van der Waals surface area (Å²) in [5.41, 5.74) is 1.10. The summed E-state index contributed by atoms with van der Waals surface area (Å²) in [6, 6.07) is 0.399. The molecular weight excluding hydrogens is 172 g/mol. The van der Waals surface area contributed by atoms with Crippen molar-refractivity contribution in [2.24, 2.45) is 0 Å². The van der Waals surface area contributed by atoms with Gasteiger partial charge in [-0.3, -0.25) is 9.52 Å². The number of hydrogen-bond acceptors (Lipinski definition) is 3. The molecule has 1 saturated heterocycles. The van der Waals surface area contributed by atoms with E-state index < -0.39 is 0 Å². The lowest BCUT2D eigenvalue weighted by Gasteiger charge is -2.28. The molecule has 0 aromatic carbocycles. The Hall–Kier alpha value is -0.740. The van der Waals surface area contributed by atoms with Gasteiger partial charge in [0.1, 0.15) is 0 Å². The van der Waals surface area contributed by atoms with Crippen LogP contribution in [-0.2, 0) is 4.79 Å². The first-order chi connectivity index (χ1) is 5.79. The van der Waals surface area contributed by atoms with Crippen LogP contribution in [0.5, 0.6) is 0 Å². The van der Waals surface area contributed by atoms with Gasteiger partial charge >= 0.3 is 0 Å². The maximum Gasteiger partial charge on any atom is 0.207 e. The van der Waals surface area contributed by atoms with Gasteiger partial charge < -0.3 is 5.32 Å². The highest BCUT2D eigenvalue weighted by Gasteiger charge is 2.22. The molecule has 3 nitrogen and oxygen atoms in total. The van der Waals surface area contributed by atoms with Crippen molar-refractivity contribution in [3.05, 3.63) is 23.1 Å². The third-order valence-electron chi connectivity index (χ3n) is 1.68. The second-order valence-electron chi connectivity index (χ2n) is 2.53. The lowest BCUT2D eigenvalue weighted by Crippen LogP contribution is -2.34. The van der Waals surface area contributed by atoms with E-state index in [1.54, 1.807) is 18.0 Å². The van der Waals surface area contributed by atoms with E-state index in [4.69, 9.17) is 0 Å². The topological polar surface area (TPSA) is 41.1 Å². The van der Waals surface area contributed by atoms with Crippen LogP contribution in [0, 0.1) is 0 Å². The highest BCUT2D eigenvalue weighted by molar-refractivity contribution is 8.02. The van der Waals surface area contributed by atoms with Gasteiger partial charge in [-0.1, -0.05) is 12.7 Å². The van der Waals surface area contributed by atoms with E-state index in [9.17, 15) is 4.79 Å². The van der Waals surface area contributed by atoms with Crippen LogP contribution >= 0.6 is 11.9 Å². The van der Waals surface area contributed by atoms with Crippen LogP contribution in [0.2, 0.25) is 0 Å². The van der Waals surface area contributed by atoms with Crippen LogP contribution < -0.4 is 10.0 Å². The van der Waals surface area contributed by atoms with Crippen LogP contribution in [0.25, 0.3) is 0 Å². The van der Waals surface area contributed by atoms with Gasteiger partial charge in [0.15, 0.2) is 0 Å². The molecule has 0 aromatic rings. The normalized spacial score (nSPS) is 25.6. The molecule has 0 saturated carbocycles. The van der Waals surface area contributed by atoms with E-state index in [2.05, 4.69) is 23.5 Å². The maximum absolute atomic E-state index is 10.0. The first-order valence-corrected chi connectivity index (χ1v) is 4.56. The molecule has 2 N–H and O–H groups in total. The molecule has 12 heavy (non-hydrogen) atoms. The fraction of sp³-hybridized carbons (Fsp3) is 0.375. The summed E-state index contributed by atoms with van der Waals surface area (Å²) in [4.78, 5) is 11.3. The molecule has 0 radical (unpaired) electrons. The van der Waals surface area contributed by atoms with E-state index in [1.807, 2.05) is 0 Å². The monoisotopic (exact) mass is 184 g/mol. The van der Waals surface area contributed by atoms with Crippen LogP contribution in [-0.4, -0.2) is 19.0 Å². The van der Waals surface area contributed by atoms with Gasteiger partial charge in [0, 0.05) is 17.5 Å². The van der Waals surface area contributed by atoms with E-state index in [-0.39, 0.29) is 0 Å². The average Bonchev–Trinajstić information content (AvgIpc) is 2.09. The molecule has 1 aliphatic heterocycles. The Morgan fingerprint density at radius 2 is 2.67 bits per heavy atom. The summed E-state index contributed by atoms with van der Waals surface area (Å²) < 4.78 is 3.14. The van der Waals surface area contributed by atoms with Gasteiger partial charge in [-0.05, 0) is 24.4 Å². The van der Waals surface area contributed by atoms with Crippen molar-refractivity contribution >= 4 is 18.4 Å². The van der Waals surface area contributed by atoms with Crippen molar-refractivity contribution < 1.29 is 4.79 Å². The molecule has 0 bridgehead atoms. The van der Waals surface area contributed by atoms with Crippen molar-refractivity contribution in [3.8, 4) is 0 Å². The highest BCUT2D eigenvalue weighted by Crippen LogP contribution is 2.31. The summed E-state index contributed by atoms with van der Waals surface area (Å²) >= 11 is 1.60. The molecule has 1 rings (SSSR count). The number of nitrogens with one attached hydrogen (secondary N) is 2. The minimum atomic E-state index is 0.399. The molecule has 0 spiro atoms. The fourth-order valence-corrected chi connectivity index (χ4v) is 1.75. The van der Waals surface area contributed by atoms with Crippen LogP contribution in [0.4, 0.5) is 0 Å². The number of carbonyl (C=O) groups is 1. The molecule has 4 heteroatoms. The molecule has 1 fully saturated rings. The first kappa shape index (κ1) is 9.35. The predicted octanol–water partition coefficient (Wildman–Crippen LogP) is 0.812. The zero-order valence-electron chi connectivity index (χ0n) is 6.96. The van der Waals surface area contributed by atoms with Crippen LogP contribution in [0.15, 0.2) is 23.1 Å². The van der Waals surface area contributed by atoms with E-state index in [0.29, 0.717) is 19.0 Å². The van der Waals surface area contributed by atoms with Crippen molar-refractivity contribution in [1.82, 2.24) is 10.0 Å². The second kappa shape index (κ2) is 4.33. The minimum Gasteiger partial charge on any atom is -0.355 e. The molecule has 1 atom stereocenters. The van der Waals surface area contributed by atoms with Crippen molar-refractivity contribution in [2.45, 2.75) is 13.0 Å². The van der Waals surface area contributed by atoms with Crippen molar-refractivity contribution in [1.29, 1.82) is 0 Å². The van der Waals surface area contributed by atoms with Gasteiger partial charge in [0.05, 0.1) is 0 Å². The zero-order valence-corrected chi connectivity index (χ0v) is 7.78. The smallest absolute Gasteiger partial charge is 0.207 e. The first-order valence-electron chi connectivity index (χ1n) is 3.74. The Labute approximate surface area is 76.4 Å². The standard InChI is InChI=1S/C8H12N2OS/c1-3-7(4-9-5-11)8-6(2)10-12-8/h3,5-6,10H,1,4H2,2H3,(H,9,11)/b8-7+. The Balaban J connectivity index is 2.59.